The smallest absolute Gasteiger partial charge is 0.131 e. The lowest BCUT2D eigenvalue weighted by Crippen LogP contribution is -1.98. The van der Waals surface area contributed by atoms with E-state index in [0.29, 0.717) is 23.0 Å². The third-order valence-electron chi connectivity index (χ3n) is 3.27. The van der Waals surface area contributed by atoms with E-state index in [1.54, 1.807) is 0 Å². The van der Waals surface area contributed by atoms with Crippen LogP contribution in [0.2, 0.25) is 0 Å². The van der Waals surface area contributed by atoms with Crippen molar-refractivity contribution >= 4 is 22.4 Å². The van der Waals surface area contributed by atoms with Crippen molar-refractivity contribution < 1.29 is 9.11 Å². The predicted molar refractivity (Wildman–Crippen MR) is 62.3 cm³/mol. The summed E-state index contributed by atoms with van der Waals surface area (Å²) >= 11 is -1.42. The molecule has 0 amide bonds. The third kappa shape index (κ3) is 1.51. The Hall–Kier alpha value is -0.160. The Morgan fingerprint density at radius 3 is 1.87 bits per heavy atom. The summed E-state index contributed by atoms with van der Waals surface area (Å²) < 4.78 is 23.0. The Labute approximate surface area is 95.4 Å². The summed E-state index contributed by atoms with van der Waals surface area (Å²) in [5.74, 6) is 2.77. The van der Waals surface area contributed by atoms with Gasteiger partial charge < -0.3 is 9.11 Å². The molecule has 0 aromatic heterocycles. The molecule has 2 aliphatic rings. The first-order valence-corrected chi connectivity index (χ1v) is 7.96. The summed E-state index contributed by atoms with van der Waals surface area (Å²) in [7, 11) is 0. The molecule has 0 spiro atoms. The summed E-state index contributed by atoms with van der Waals surface area (Å²) in [4.78, 5) is 0. The van der Waals surface area contributed by atoms with Crippen LogP contribution in [0.25, 0.3) is 0 Å². The molecular formula is C11H12O2S2. The summed E-state index contributed by atoms with van der Waals surface area (Å²) in [6.07, 6.45) is 0. The SMILES string of the molecule is Cc1c2c(cc3c1C[S+]([O-])C3)C[S+]([O-])C2. The average molecular weight is 240 g/mol. The van der Waals surface area contributed by atoms with Gasteiger partial charge in [-0.2, -0.15) is 0 Å². The minimum atomic E-state index is -0.709. The van der Waals surface area contributed by atoms with Crippen molar-refractivity contribution in [2.45, 2.75) is 29.9 Å². The molecule has 2 unspecified atom stereocenters. The molecule has 2 aliphatic heterocycles. The quantitative estimate of drug-likeness (QED) is 0.645. The zero-order chi connectivity index (χ0) is 10.6. The normalized spacial score (nSPS) is 27.9. The van der Waals surface area contributed by atoms with Crippen molar-refractivity contribution in [1.82, 2.24) is 0 Å². The summed E-state index contributed by atoms with van der Waals surface area (Å²) in [6, 6.07) is 2.13. The maximum Gasteiger partial charge on any atom is 0.131 e. The molecule has 4 heteroatoms. The Balaban J connectivity index is 2.14. The Bertz CT molecular complexity index is 395. The topological polar surface area (TPSA) is 46.1 Å². The molecule has 0 saturated heterocycles. The predicted octanol–water partition coefficient (Wildman–Crippen LogP) is 1.52. The van der Waals surface area contributed by atoms with E-state index >= 15 is 0 Å². The van der Waals surface area contributed by atoms with Crippen LogP contribution < -0.4 is 0 Å². The summed E-state index contributed by atoms with van der Waals surface area (Å²) in [5, 5.41) is 0. The van der Waals surface area contributed by atoms with Crippen LogP contribution in [0.4, 0.5) is 0 Å². The van der Waals surface area contributed by atoms with Gasteiger partial charge in [0, 0.05) is 22.3 Å². The molecule has 2 heterocycles. The van der Waals surface area contributed by atoms with E-state index in [2.05, 4.69) is 13.0 Å². The van der Waals surface area contributed by atoms with Crippen LogP contribution in [0.3, 0.4) is 0 Å². The van der Waals surface area contributed by atoms with Gasteiger partial charge in [0.25, 0.3) is 0 Å². The Morgan fingerprint density at radius 1 is 0.933 bits per heavy atom. The van der Waals surface area contributed by atoms with Crippen LogP contribution in [-0.4, -0.2) is 9.11 Å². The van der Waals surface area contributed by atoms with E-state index in [4.69, 9.17) is 0 Å². The number of rotatable bonds is 0. The minimum absolute atomic E-state index is 0.691. The zero-order valence-electron chi connectivity index (χ0n) is 8.54. The Kier molecular flexibility index (Phi) is 2.28. The first-order chi connectivity index (χ1) is 7.15. The van der Waals surface area contributed by atoms with Crippen molar-refractivity contribution in [2.75, 3.05) is 0 Å². The molecule has 0 fully saturated rings. The Morgan fingerprint density at radius 2 is 1.40 bits per heavy atom. The molecule has 15 heavy (non-hydrogen) atoms. The highest BCUT2D eigenvalue weighted by Crippen LogP contribution is 2.36. The van der Waals surface area contributed by atoms with Crippen molar-refractivity contribution in [3.8, 4) is 0 Å². The molecule has 3 rings (SSSR count). The van der Waals surface area contributed by atoms with Crippen LogP contribution in [-0.2, 0) is 45.4 Å². The number of hydrogen-bond acceptors (Lipinski definition) is 2. The van der Waals surface area contributed by atoms with Gasteiger partial charge in [-0.05, 0) is 40.9 Å². The third-order valence-corrected chi connectivity index (χ3v) is 5.76. The van der Waals surface area contributed by atoms with Crippen LogP contribution >= 0.6 is 0 Å². The van der Waals surface area contributed by atoms with E-state index in [9.17, 15) is 9.11 Å². The second-order valence-electron chi connectivity index (χ2n) is 4.23. The van der Waals surface area contributed by atoms with Gasteiger partial charge in [-0.15, -0.1) is 0 Å². The lowest BCUT2D eigenvalue weighted by atomic mass is 9.96. The fourth-order valence-corrected chi connectivity index (χ4v) is 5.34. The molecule has 0 bridgehead atoms. The molecule has 2 nitrogen and oxygen atoms in total. The van der Waals surface area contributed by atoms with Gasteiger partial charge >= 0.3 is 0 Å². The second-order valence-corrected chi connectivity index (χ2v) is 7.15. The largest absolute Gasteiger partial charge is 0.616 e. The van der Waals surface area contributed by atoms with Crippen LogP contribution in [0.1, 0.15) is 27.8 Å². The van der Waals surface area contributed by atoms with Gasteiger partial charge in [0.15, 0.2) is 0 Å². The van der Waals surface area contributed by atoms with Crippen molar-refractivity contribution in [3.63, 3.8) is 0 Å². The van der Waals surface area contributed by atoms with E-state index in [1.165, 1.54) is 27.8 Å². The van der Waals surface area contributed by atoms with Gasteiger partial charge in [-0.1, -0.05) is 0 Å². The molecule has 0 N–H and O–H groups in total. The van der Waals surface area contributed by atoms with E-state index in [0.717, 1.165) is 0 Å². The first kappa shape index (κ1) is 10.0. The molecule has 2 atom stereocenters. The fourth-order valence-electron chi connectivity index (χ4n) is 2.48. The van der Waals surface area contributed by atoms with Crippen molar-refractivity contribution in [1.29, 1.82) is 0 Å². The van der Waals surface area contributed by atoms with Crippen LogP contribution in [0.5, 0.6) is 0 Å². The number of fused-ring (bicyclic) bond motifs is 2. The monoisotopic (exact) mass is 240 g/mol. The lowest BCUT2D eigenvalue weighted by molar-refractivity contribution is 0.596. The molecule has 0 saturated carbocycles. The molecule has 80 valence electrons. The number of hydrogen-bond donors (Lipinski definition) is 0. The maximum absolute atomic E-state index is 11.5. The highest BCUT2D eigenvalue weighted by atomic mass is 32.2. The molecule has 0 aliphatic carbocycles. The molecular weight excluding hydrogens is 228 g/mol. The van der Waals surface area contributed by atoms with E-state index < -0.39 is 22.4 Å². The minimum Gasteiger partial charge on any atom is -0.616 e. The average Bonchev–Trinajstić information content (AvgIpc) is 2.69. The number of benzene rings is 1. The highest BCUT2D eigenvalue weighted by Gasteiger charge is 2.32. The lowest BCUT2D eigenvalue weighted by Gasteiger charge is -2.05. The van der Waals surface area contributed by atoms with Crippen LogP contribution in [0.15, 0.2) is 6.07 Å². The molecule has 1 aromatic carbocycles. The molecule has 0 radical (unpaired) electrons. The second kappa shape index (κ2) is 3.42. The van der Waals surface area contributed by atoms with Gasteiger partial charge in [0.05, 0.1) is 0 Å². The van der Waals surface area contributed by atoms with Crippen molar-refractivity contribution in [2.24, 2.45) is 0 Å². The van der Waals surface area contributed by atoms with Gasteiger partial charge in [0.2, 0.25) is 0 Å². The van der Waals surface area contributed by atoms with Gasteiger partial charge in [0.1, 0.15) is 23.0 Å². The van der Waals surface area contributed by atoms with Gasteiger partial charge in [-0.25, -0.2) is 0 Å². The van der Waals surface area contributed by atoms with E-state index in [1.807, 2.05) is 0 Å². The fraction of sp³-hybridized carbons (Fsp3) is 0.455. The van der Waals surface area contributed by atoms with Gasteiger partial charge in [-0.3, -0.25) is 0 Å². The van der Waals surface area contributed by atoms with Crippen molar-refractivity contribution in [3.05, 3.63) is 33.9 Å². The maximum atomic E-state index is 11.5. The highest BCUT2D eigenvalue weighted by molar-refractivity contribution is 7.90. The first-order valence-electron chi connectivity index (χ1n) is 4.98. The summed E-state index contributed by atoms with van der Waals surface area (Å²) in [6.45, 7) is 2.09. The standard InChI is InChI=1S/C11H12O2S2/c1-7-10-5-14(12)3-8(10)2-9-4-15(13)6-11(7)9/h2H,3-6H2,1H3. The van der Waals surface area contributed by atoms with E-state index in [-0.39, 0.29) is 0 Å². The summed E-state index contributed by atoms with van der Waals surface area (Å²) in [5.41, 5.74) is 6.21. The molecule has 1 aromatic rings. The zero-order valence-corrected chi connectivity index (χ0v) is 10.2. The van der Waals surface area contributed by atoms with Crippen LogP contribution in [0, 0.1) is 6.92 Å².